The molecule has 0 saturated carbocycles. The van der Waals surface area contributed by atoms with Crippen LogP contribution in [0.4, 0.5) is 0 Å². The van der Waals surface area contributed by atoms with Crippen molar-refractivity contribution >= 4 is 18.3 Å². The monoisotopic (exact) mass is 378 g/mol. The van der Waals surface area contributed by atoms with Crippen LogP contribution in [0.15, 0.2) is 40.9 Å². The van der Waals surface area contributed by atoms with Crippen molar-refractivity contribution in [2.45, 2.75) is 32.4 Å². The summed E-state index contributed by atoms with van der Waals surface area (Å²) >= 11 is 0. The van der Waals surface area contributed by atoms with Crippen LogP contribution in [0.25, 0.3) is 11.3 Å². The number of carbonyl (C=O) groups excluding carboxylic acids is 1. The van der Waals surface area contributed by atoms with Gasteiger partial charge in [0.25, 0.3) is 0 Å². The van der Waals surface area contributed by atoms with Gasteiger partial charge < -0.3 is 15.1 Å². The third kappa shape index (κ3) is 5.06. The molecule has 0 bridgehead atoms. The molecule has 1 aliphatic rings. The third-order valence-electron chi connectivity index (χ3n) is 4.57. The molecule has 3 rings (SSSR count). The smallest absolute Gasteiger partial charge is 0.239 e. The first kappa shape index (κ1) is 20.4. The molecular formula is C19H27ClN4O2. The van der Waals surface area contributed by atoms with Gasteiger partial charge in [-0.2, -0.15) is 0 Å². The number of oxazole rings is 1. The Kier molecular flexibility index (Phi) is 7.63. The van der Waals surface area contributed by atoms with E-state index in [4.69, 9.17) is 10.2 Å². The Morgan fingerprint density at radius 2 is 1.92 bits per heavy atom. The molecule has 1 amide bonds. The fourth-order valence-electron chi connectivity index (χ4n) is 3.11. The zero-order valence-corrected chi connectivity index (χ0v) is 16.0. The van der Waals surface area contributed by atoms with Crippen LogP contribution in [-0.2, 0) is 11.3 Å². The van der Waals surface area contributed by atoms with Crippen molar-refractivity contribution in [3.8, 4) is 11.3 Å². The molecule has 2 aromatic rings. The summed E-state index contributed by atoms with van der Waals surface area (Å²) in [6, 6.07) is 9.60. The highest BCUT2D eigenvalue weighted by molar-refractivity contribution is 5.85. The molecule has 0 spiro atoms. The first-order valence-electron chi connectivity index (χ1n) is 8.94. The van der Waals surface area contributed by atoms with Gasteiger partial charge in [-0.3, -0.25) is 9.69 Å². The van der Waals surface area contributed by atoms with Crippen LogP contribution in [0.3, 0.4) is 0 Å². The Morgan fingerprint density at radius 3 is 2.58 bits per heavy atom. The summed E-state index contributed by atoms with van der Waals surface area (Å²) in [7, 11) is 0. The van der Waals surface area contributed by atoms with Gasteiger partial charge >= 0.3 is 0 Å². The summed E-state index contributed by atoms with van der Waals surface area (Å²) < 4.78 is 5.86. The van der Waals surface area contributed by atoms with Crippen molar-refractivity contribution in [1.29, 1.82) is 0 Å². The second kappa shape index (κ2) is 9.71. The Morgan fingerprint density at radius 1 is 1.23 bits per heavy atom. The van der Waals surface area contributed by atoms with Gasteiger partial charge in [-0.25, -0.2) is 4.98 Å². The summed E-state index contributed by atoms with van der Waals surface area (Å²) in [5.41, 5.74) is 6.97. The molecule has 142 valence electrons. The summed E-state index contributed by atoms with van der Waals surface area (Å²) in [6.07, 6.45) is 3.45. The first-order valence-corrected chi connectivity index (χ1v) is 8.94. The maximum atomic E-state index is 12.3. The highest BCUT2D eigenvalue weighted by Crippen LogP contribution is 2.20. The van der Waals surface area contributed by atoms with Gasteiger partial charge in [-0.1, -0.05) is 43.7 Å². The van der Waals surface area contributed by atoms with E-state index in [1.165, 1.54) is 0 Å². The zero-order chi connectivity index (χ0) is 17.6. The fourth-order valence-corrected chi connectivity index (χ4v) is 3.11. The van der Waals surface area contributed by atoms with Crippen LogP contribution in [0, 0.1) is 0 Å². The number of nitrogens with two attached hydrogens (primary N) is 1. The van der Waals surface area contributed by atoms with Crippen molar-refractivity contribution < 1.29 is 9.21 Å². The van der Waals surface area contributed by atoms with E-state index < -0.39 is 0 Å². The summed E-state index contributed by atoms with van der Waals surface area (Å²) in [6.45, 7) is 5.76. The van der Waals surface area contributed by atoms with Gasteiger partial charge in [-0.05, 0) is 6.42 Å². The van der Waals surface area contributed by atoms with Crippen molar-refractivity contribution in [1.82, 2.24) is 14.8 Å². The molecule has 0 radical (unpaired) electrons. The number of halogens is 1. The second-order valence-corrected chi connectivity index (χ2v) is 6.48. The molecule has 1 aromatic carbocycles. The van der Waals surface area contributed by atoms with Crippen LogP contribution in [0.2, 0.25) is 0 Å². The van der Waals surface area contributed by atoms with Gasteiger partial charge in [0.2, 0.25) is 11.8 Å². The van der Waals surface area contributed by atoms with Crippen LogP contribution >= 0.6 is 12.4 Å². The van der Waals surface area contributed by atoms with Crippen molar-refractivity contribution in [2.75, 3.05) is 26.2 Å². The number of amides is 1. The number of rotatable bonds is 6. The van der Waals surface area contributed by atoms with E-state index in [-0.39, 0.29) is 24.4 Å². The maximum absolute atomic E-state index is 12.3. The quantitative estimate of drug-likeness (QED) is 0.835. The Bertz CT molecular complexity index is 684. The number of piperazine rings is 1. The Balaban J connectivity index is 0.00000243. The molecular weight excluding hydrogens is 352 g/mol. The summed E-state index contributed by atoms with van der Waals surface area (Å²) in [5, 5.41) is 0. The van der Waals surface area contributed by atoms with Crippen LogP contribution in [0.1, 0.15) is 25.7 Å². The van der Waals surface area contributed by atoms with Gasteiger partial charge in [0, 0.05) is 31.7 Å². The number of benzene rings is 1. The average molecular weight is 379 g/mol. The molecule has 1 aromatic heterocycles. The predicted octanol–water partition coefficient (Wildman–Crippen LogP) is 2.54. The lowest BCUT2D eigenvalue weighted by Crippen LogP contribution is -2.52. The number of nitrogens with zero attached hydrogens (tertiary/aromatic N) is 3. The molecule has 2 heterocycles. The van der Waals surface area contributed by atoms with Gasteiger partial charge in [-0.15, -0.1) is 12.4 Å². The van der Waals surface area contributed by atoms with E-state index >= 15 is 0 Å². The lowest BCUT2D eigenvalue weighted by atomic mass is 10.1. The maximum Gasteiger partial charge on any atom is 0.239 e. The lowest BCUT2D eigenvalue weighted by Gasteiger charge is -2.35. The number of carbonyl (C=O) groups is 1. The molecule has 26 heavy (non-hydrogen) atoms. The van der Waals surface area contributed by atoms with Crippen molar-refractivity contribution in [2.24, 2.45) is 5.73 Å². The van der Waals surface area contributed by atoms with Crippen LogP contribution in [0.5, 0.6) is 0 Å². The van der Waals surface area contributed by atoms with E-state index in [2.05, 4.69) is 9.88 Å². The standard InChI is InChI=1S/C19H26N4O2.ClH/c1-2-6-16(20)19(24)23-11-9-22(10-12-23)14-18-21-13-17(25-18)15-7-4-3-5-8-15;/h3-5,7-8,13,16H,2,6,9-12,14,20H2,1H3;1H. The Labute approximate surface area is 160 Å². The minimum absolute atomic E-state index is 0. The number of hydrogen-bond acceptors (Lipinski definition) is 5. The van der Waals surface area contributed by atoms with Crippen molar-refractivity contribution in [3.05, 3.63) is 42.4 Å². The summed E-state index contributed by atoms with van der Waals surface area (Å²) in [4.78, 5) is 20.8. The molecule has 1 atom stereocenters. The highest BCUT2D eigenvalue weighted by atomic mass is 35.5. The van der Waals surface area contributed by atoms with Gasteiger partial charge in [0.15, 0.2) is 5.76 Å². The minimum Gasteiger partial charge on any atom is -0.439 e. The molecule has 7 heteroatoms. The van der Waals surface area contributed by atoms with E-state index in [0.29, 0.717) is 25.5 Å². The molecule has 1 unspecified atom stereocenters. The van der Waals surface area contributed by atoms with Crippen LogP contribution in [-0.4, -0.2) is 52.9 Å². The fraction of sp³-hybridized carbons (Fsp3) is 0.474. The molecule has 0 aliphatic carbocycles. The number of aromatic nitrogens is 1. The predicted molar refractivity (Wildman–Crippen MR) is 104 cm³/mol. The molecule has 1 saturated heterocycles. The van der Waals surface area contributed by atoms with Crippen LogP contribution < -0.4 is 5.73 Å². The lowest BCUT2D eigenvalue weighted by molar-refractivity contribution is -0.134. The molecule has 1 fully saturated rings. The molecule has 2 N–H and O–H groups in total. The van der Waals surface area contributed by atoms with E-state index in [9.17, 15) is 4.79 Å². The topological polar surface area (TPSA) is 75.6 Å². The average Bonchev–Trinajstić information content (AvgIpc) is 3.11. The van der Waals surface area contributed by atoms with Gasteiger partial charge in [0.1, 0.15) is 0 Å². The second-order valence-electron chi connectivity index (χ2n) is 6.48. The van der Waals surface area contributed by atoms with E-state index in [0.717, 1.165) is 37.3 Å². The third-order valence-corrected chi connectivity index (χ3v) is 4.57. The van der Waals surface area contributed by atoms with E-state index in [1.54, 1.807) is 6.20 Å². The van der Waals surface area contributed by atoms with Gasteiger partial charge in [0.05, 0.1) is 18.8 Å². The molecule has 6 nitrogen and oxygen atoms in total. The normalized spacial score (nSPS) is 16.2. The first-order chi connectivity index (χ1) is 12.2. The van der Waals surface area contributed by atoms with Crippen molar-refractivity contribution in [3.63, 3.8) is 0 Å². The minimum atomic E-state index is -0.364. The SMILES string of the molecule is CCCC(N)C(=O)N1CCN(Cc2ncc(-c3ccccc3)o2)CC1.Cl. The molecule has 1 aliphatic heterocycles. The number of hydrogen-bond donors (Lipinski definition) is 1. The highest BCUT2D eigenvalue weighted by Gasteiger charge is 2.25. The largest absolute Gasteiger partial charge is 0.439 e. The van der Waals surface area contributed by atoms with E-state index in [1.807, 2.05) is 42.2 Å². The summed E-state index contributed by atoms with van der Waals surface area (Å²) in [5.74, 6) is 1.57. The zero-order valence-electron chi connectivity index (χ0n) is 15.1. The Hall–Kier alpha value is -1.89.